The SMILES string of the molecule is O=C(CN1Cc2ccc3ccccc3c2-c2c(ccc3ccccc23)C1)[N-]c1ccc(Cl)cc1C(=NC(Cc1ccccc1)C(=O)O)c1ccccc1.[Ni+2]. The van der Waals surface area contributed by atoms with E-state index >= 15 is 0 Å². The van der Waals surface area contributed by atoms with E-state index in [0.717, 1.165) is 16.7 Å². The zero-order valence-electron chi connectivity index (χ0n) is 29.1. The molecular weight excluding hydrogens is 737 g/mol. The van der Waals surface area contributed by atoms with Gasteiger partial charge >= 0.3 is 22.5 Å². The molecule has 0 spiro atoms. The zero-order valence-corrected chi connectivity index (χ0v) is 30.9. The Morgan fingerprint density at radius 2 is 1.26 bits per heavy atom. The molecule has 0 bridgehead atoms. The van der Waals surface area contributed by atoms with Crippen molar-refractivity contribution in [3.8, 4) is 11.1 Å². The van der Waals surface area contributed by atoms with Crippen LogP contribution in [0, 0.1) is 0 Å². The molecule has 0 saturated heterocycles. The predicted octanol–water partition coefficient (Wildman–Crippen LogP) is 10.4. The number of benzene rings is 7. The second-order valence-corrected chi connectivity index (χ2v) is 13.8. The maximum Gasteiger partial charge on any atom is 2.00 e. The van der Waals surface area contributed by atoms with Crippen molar-refractivity contribution in [1.29, 1.82) is 0 Å². The van der Waals surface area contributed by atoms with Gasteiger partial charge in [0.1, 0.15) is 0 Å². The van der Waals surface area contributed by atoms with Crippen molar-refractivity contribution in [2.24, 2.45) is 4.99 Å². The second kappa shape index (κ2) is 16.2. The van der Waals surface area contributed by atoms with Crippen molar-refractivity contribution < 1.29 is 31.2 Å². The number of carbonyl (C=O) groups excluding carboxylic acids is 1. The van der Waals surface area contributed by atoms with Gasteiger partial charge in [0.2, 0.25) is 0 Å². The van der Waals surface area contributed by atoms with Crippen LogP contribution in [0.3, 0.4) is 0 Å². The summed E-state index contributed by atoms with van der Waals surface area (Å²) >= 11 is 6.56. The first-order valence-corrected chi connectivity index (χ1v) is 18.0. The van der Waals surface area contributed by atoms with Crippen LogP contribution < -0.4 is 0 Å². The maximum absolute atomic E-state index is 14.0. The summed E-state index contributed by atoms with van der Waals surface area (Å²) in [7, 11) is 0. The standard InChI is InChI=1S/C46H36ClN3O3.Ni/c47-36-23-24-40(39(26-36)45(33-15-5-2-6-16-33)49-41(46(52)53)25-30-11-3-1-4-12-30)48-42(51)29-50-27-34-21-19-31-13-7-9-17-37(31)43(34)44-35(28-50)22-20-32-14-8-10-18-38(32)44;/h1-24,26,41H,25,27-29H2,(H2,48,49,51,52,53);/q;+2/p-1. The molecule has 8 heteroatoms. The molecule has 0 radical (unpaired) electrons. The van der Waals surface area contributed by atoms with Crippen LogP contribution in [-0.4, -0.2) is 40.2 Å². The molecule has 0 fully saturated rings. The summed E-state index contributed by atoms with van der Waals surface area (Å²) < 4.78 is 0. The van der Waals surface area contributed by atoms with Gasteiger partial charge in [0.15, 0.2) is 6.04 Å². The minimum absolute atomic E-state index is 0. The second-order valence-electron chi connectivity index (χ2n) is 13.3. The van der Waals surface area contributed by atoms with Crippen molar-refractivity contribution >= 4 is 56.4 Å². The van der Waals surface area contributed by atoms with E-state index in [1.54, 1.807) is 18.2 Å². The molecule has 0 aliphatic carbocycles. The molecule has 8 rings (SSSR count). The smallest absolute Gasteiger partial charge is 0.625 e. The zero-order chi connectivity index (χ0) is 36.3. The number of rotatable bonds is 9. The number of aliphatic carboxylic acids is 1. The van der Waals surface area contributed by atoms with Crippen LogP contribution in [-0.2, 0) is 45.6 Å². The third kappa shape index (κ3) is 7.71. The number of halogens is 1. The number of aliphatic imine (C=N–C) groups is 1. The van der Waals surface area contributed by atoms with E-state index in [9.17, 15) is 14.7 Å². The van der Waals surface area contributed by atoms with Gasteiger partial charge in [0.25, 0.3) is 0 Å². The summed E-state index contributed by atoms with van der Waals surface area (Å²) in [4.78, 5) is 33.6. The maximum atomic E-state index is 14.0. The number of carboxylic acid groups (broad SMARTS) is 1. The molecule has 1 atom stereocenters. The van der Waals surface area contributed by atoms with E-state index in [1.807, 2.05) is 60.7 Å². The Kier molecular flexibility index (Phi) is 11.0. The first-order chi connectivity index (χ1) is 25.9. The first-order valence-electron chi connectivity index (χ1n) is 17.6. The third-order valence-electron chi connectivity index (χ3n) is 9.78. The van der Waals surface area contributed by atoms with Gasteiger partial charge < -0.3 is 15.2 Å². The normalized spacial score (nSPS) is 13.3. The van der Waals surface area contributed by atoms with E-state index in [-0.39, 0.29) is 35.4 Å². The fraction of sp³-hybridized carbons (Fsp3) is 0.109. The van der Waals surface area contributed by atoms with Crippen LogP contribution in [0.15, 0.2) is 157 Å². The Morgan fingerprint density at radius 1 is 0.704 bits per heavy atom. The van der Waals surface area contributed by atoms with Gasteiger partial charge in [-0.15, -0.1) is 5.69 Å². The fourth-order valence-electron chi connectivity index (χ4n) is 7.37. The summed E-state index contributed by atoms with van der Waals surface area (Å²) in [6.07, 6.45) is 0.195. The van der Waals surface area contributed by atoms with Crippen molar-refractivity contribution in [2.75, 3.05) is 6.54 Å². The Balaban J connectivity index is 0.00000450. The number of carboxylic acids is 1. The third-order valence-corrected chi connectivity index (χ3v) is 10.0. The van der Waals surface area contributed by atoms with Crippen LogP contribution in [0.25, 0.3) is 38.0 Å². The minimum Gasteiger partial charge on any atom is -0.625 e. The number of carbonyl (C=O) groups is 2. The molecule has 268 valence electrons. The molecule has 1 N–H and O–H groups in total. The number of amides is 1. The van der Waals surface area contributed by atoms with Gasteiger partial charge in [0, 0.05) is 36.6 Å². The molecule has 7 aromatic carbocycles. The van der Waals surface area contributed by atoms with Gasteiger partial charge in [-0.2, -0.15) is 0 Å². The van der Waals surface area contributed by atoms with E-state index < -0.39 is 12.0 Å². The molecule has 1 heterocycles. The van der Waals surface area contributed by atoms with Gasteiger partial charge in [-0.3, -0.25) is 9.89 Å². The van der Waals surface area contributed by atoms with Crippen molar-refractivity contribution in [3.05, 3.63) is 190 Å². The van der Waals surface area contributed by atoms with E-state index in [2.05, 4.69) is 83.0 Å². The van der Waals surface area contributed by atoms with Crippen LogP contribution >= 0.6 is 11.6 Å². The van der Waals surface area contributed by atoms with Gasteiger partial charge in [-0.1, -0.05) is 151 Å². The molecular formula is C46H35ClN3NiO3+. The summed E-state index contributed by atoms with van der Waals surface area (Å²) in [5, 5.41) is 20.1. The molecule has 54 heavy (non-hydrogen) atoms. The average Bonchev–Trinajstić information content (AvgIpc) is 3.34. The van der Waals surface area contributed by atoms with Gasteiger partial charge in [-0.25, -0.2) is 4.79 Å². The molecule has 1 aliphatic heterocycles. The monoisotopic (exact) mass is 770 g/mol. The average molecular weight is 772 g/mol. The molecule has 6 nitrogen and oxygen atoms in total. The largest absolute Gasteiger partial charge is 2.00 e. The summed E-state index contributed by atoms with van der Waals surface area (Å²) in [6.45, 7) is 1.20. The fourth-order valence-corrected chi connectivity index (χ4v) is 7.54. The minimum atomic E-state index is -1.08. The summed E-state index contributed by atoms with van der Waals surface area (Å²) in [5.74, 6) is -1.38. The molecule has 7 aromatic rings. The van der Waals surface area contributed by atoms with Crippen LogP contribution in [0.5, 0.6) is 0 Å². The van der Waals surface area contributed by atoms with E-state index in [1.165, 1.54) is 32.7 Å². The van der Waals surface area contributed by atoms with E-state index in [0.29, 0.717) is 40.6 Å². The molecule has 1 unspecified atom stereocenters. The predicted molar refractivity (Wildman–Crippen MR) is 214 cm³/mol. The van der Waals surface area contributed by atoms with Gasteiger partial charge in [0.05, 0.1) is 11.6 Å². The first kappa shape index (κ1) is 36.8. The summed E-state index contributed by atoms with van der Waals surface area (Å²) in [5.41, 5.74) is 7.51. The van der Waals surface area contributed by atoms with Crippen molar-refractivity contribution in [1.82, 2.24) is 4.90 Å². The number of fused-ring (bicyclic) bond motifs is 7. The topological polar surface area (TPSA) is 84.1 Å². The van der Waals surface area contributed by atoms with E-state index in [4.69, 9.17) is 16.6 Å². The summed E-state index contributed by atoms with van der Waals surface area (Å²) in [6, 6.07) is 48.4. The number of nitrogens with zero attached hydrogens (tertiary/aromatic N) is 3. The molecule has 1 aliphatic rings. The number of hydrogen-bond acceptors (Lipinski definition) is 4. The van der Waals surface area contributed by atoms with Crippen LogP contribution in [0.1, 0.15) is 27.8 Å². The van der Waals surface area contributed by atoms with Crippen molar-refractivity contribution in [3.63, 3.8) is 0 Å². The van der Waals surface area contributed by atoms with Crippen LogP contribution in [0.2, 0.25) is 5.02 Å². The molecule has 1 amide bonds. The van der Waals surface area contributed by atoms with Crippen molar-refractivity contribution in [2.45, 2.75) is 25.6 Å². The van der Waals surface area contributed by atoms with Gasteiger partial charge in [-0.05, 0) is 67.1 Å². The Bertz CT molecular complexity index is 2440. The molecule has 0 aromatic heterocycles. The Morgan fingerprint density at radius 3 is 1.85 bits per heavy atom. The molecule has 0 saturated carbocycles. The Hall–Kier alpha value is -5.59. The van der Waals surface area contributed by atoms with Crippen LogP contribution in [0.4, 0.5) is 5.69 Å². The number of hydrogen-bond donors (Lipinski definition) is 1. The quantitative estimate of drug-likeness (QED) is 0.117. The Labute approximate surface area is 329 Å².